The maximum absolute atomic E-state index is 14.0. The first-order valence-corrected chi connectivity index (χ1v) is 8.27. The van der Waals surface area contributed by atoms with E-state index in [0.717, 1.165) is 0 Å². The van der Waals surface area contributed by atoms with E-state index >= 15 is 0 Å². The van der Waals surface area contributed by atoms with Crippen LogP contribution < -0.4 is 10.0 Å². The predicted octanol–water partition coefficient (Wildman–Crippen LogP) is 2.50. The van der Waals surface area contributed by atoms with Crippen LogP contribution in [0.4, 0.5) is 10.1 Å². The smallest absolute Gasteiger partial charge is 0.264 e. The van der Waals surface area contributed by atoms with Gasteiger partial charge in [0, 0.05) is 18.9 Å². The number of benzene rings is 1. The summed E-state index contributed by atoms with van der Waals surface area (Å²) in [5, 5.41) is 2.87. The van der Waals surface area contributed by atoms with E-state index in [9.17, 15) is 12.8 Å². The zero-order chi connectivity index (χ0) is 15.5. The summed E-state index contributed by atoms with van der Waals surface area (Å²) in [6, 6.07) is 5.50. The molecule has 2 rings (SSSR count). The number of rotatable bonds is 5. The lowest BCUT2D eigenvalue weighted by Crippen LogP contribution is -2.15. The summed E-state index contributed by atoms with van der Waals surface area (Å²) in [5.74, 6) is -0.791. The fraction of sp³-hybridized carbons (Fsp3) is 0.154. The van der Waals surface area contributed by atoms with Crippen molar-refractivity contribution in [1.82, 2.24) is 10.3 Å². The van der Waals surface area contributed by atoms with Gasteiger partial charge in [0.25, 0.3) is 10.0 Å². The molecule has 0 fully saturated rings. The third kappa shape index (κ3) is 3.78. The minimum atomic E-state index is -4.00. The molecule has 21 heavy (non-hydrogen) atoms. The minimum absolute atomic E-state index is 0.295. The lowest BCUT2D eigenvalue weighted by Gasteiger charge is -2.11. The first-order chi connectivity index (χ1) is 9.94. The molecule has 2 aromatic rings. The van der Waals surface area contributed by atoms with Gasteiger partial charge in [-0.3, -0.25) is 9.71 Å². The molecule has 0 spiro atoms. The molecule has 0 saturated carbocycles. The molecule has 0 aliphatic heterocycles. The minimum Gasteiger partial charge on any atom is -0.316 e. The molecule has 0 bridgehead atoms. The Kier molecular flexibility index (Phi) is 4.92. The Morgan fingerprint density at radius 2 is 2.10 bits per heavy atom. The summed E-state index contributed by atoms with van der Waals surface area (Å²) < 4.78 is 41.3. The topological polar surface area (TPSA) is 71.1 Å². The van der Waals surface area contributed by atoms with Crippen LogP contribution in [0.15, 0.2) is 46.0 Å². The summed E-state index contributed by atoms with van der Waals surface area (Å²) in [6.07, 6.45) is 2.89. The molecule has 112 valence electrons. The van der Waals surface area contributed by atoms with Crippen molar-refractivity contribution in [2.24, 2.45) is 0 Å². The number of aromatic nitrogens is 1. The number of pyridine rings is 1. The molecule has 1 aromatic carbocycles. The van der Waals surface area contributed by atoms with Crippen molar-refractivity contribution in [2.75, 3.05) is 11.8 Å². The monoisotopic (exact) mass is 373 g/mol. The van der Waals surface area contributed by atoms with E-state index in [0.29, 0.717) is 22.3 Å². The highest BCUT2D eigenvalue weighted by Crippen LogP contribution is 2.25. The van der Waals surface area contributed by atoms with E-state index < -0.39 is 20.7 Å². The van der Waals surface area contributed by atoms with Gasteiger partial charge in [0.2, 0.25) is 0 Å². The molecular weight excluding hydrogens is 361 g/mol. The zero-order valence-corrected chi connectivity index (χ0v) is 13.5. The Balaban J connectivity index is 2.34. The van der Waals surface area contributed by atoms with Gasteiger partial charge in [-0.1, -0.05) is 6.07 Å². The third-order valence-corrected chi connectivity index (χ3v) is 4.71. The molecule has 1 aromatic heterocycles. The van der Waals surface area contributed by atoms with Crippen molar-refractivity contribution in [3.63, 3.8) is 0 Å². The fourth-order valence-corrected chi connectivity index (χ4v) is 3.36. The van der Waals surface area contributed by atoms with E-state index in [1.807, 2.05) is 0 Å². The fourth-order valence-electron chi connectivity index (χ4n) is 1.73. The van der Waals surface area contributed by atoms with Crippen LogP contribution in [-0.2, 0) is 16.6 Å². The molecule has 0 aliphatic rings. The largest absolute Gasteiger partial charge is 0.316 e. The Labute approximate surface area is 130 Å². The number of nitrogens with zero attached hydrogens (tertiary/aromatic N) is 1. The number of hydrogen-bond donors (Lipinski definition) is 2. The Hall–Kier alpha value is -1.51. The van der Waals surface area contributed by atoms with Gasteiger partial charge < -0.3 is 5.32 Å². The van der Waals surface area contributed by atoms with Crippen molar-refractivity contribution >= 4 is 31.6 Å². The predicted molar refractivity (Wildman–Crippen MR) is 81.9 cm³/mol. The zero-order valence-electron chi connectivity index (χ0n) is 11.1. The summed E-state index contributed by atoms with van der Waals surface area (Å²) in [5.41, 5.74) is 0.961. The molecule has 2 N–H and O–H groups in total. The highest BCUT2D eigenvalue weighted by molar-refractivity contribution is 9.10. The van der Waals surface area contributed by atoms with E-state index in [2.05, 4.69) is 31.0 Å². The molecular formula is C13H13BrFN3O2S. The Morgan fingerprint density at radius 1 is 1.33 bits per heavy atom. The van der Waals surface area contributed by atoms with Crippen LogP contribution in [0, 0.1) is 5.82 Å². The number of sulfonamides is 1. The van der Waals surface area contributed by atoms with Gasteiger partial charge in [0.15, 0.2) is 0 Å². The van der Waals surface area contributed by atoms with Crippen molar-refractivity contribution < 1.29 is 12.8 Å². The van der Waals surface area contributed by atoms with Crippen molar-refractivity contribution in [2.45, 2.75) is 11.4 Å². The molecule has 8 heteroatoms. The summed E-state index contributed by atoms with van der Waals surface area (Å²) in [6.45, 7) is 0.459. The van der Waals surface area contributed by atoms with Gasteiger partial charge in [-0.2, -0.15) is 0 Å². The van der Waals surface area contributed by atoms with Crippen molar-refractivity contribution in [3.05, 3.63) is 52.5 Å². The van der Waals surface area contributed by atoms with Gasteiger partial charge in [-0.15, -0.1) is 0 Å². The molecule has 0 amide bonds. The van der Waals surface area contributed by atoms with Crippen LogP contribution in [0.25, 0.3) is 0 Å². The number of nitrogens with one attached hydrogen (secondary N) is 2. The van der Waals surface area contributed by atoms with Gasteiger partial charge in [0.1, 0.15) is 10.7 Å². The van der Waals surface area contributed by atoms with Gasteiger partial charge >= 0.3 is 0 Å². The van der Waals surface area contributed by atoms with E-state index in [1.54, 1.807) is 13.1 Å². The lowest BCUT2D eigenvalue weighted by molar-refractivity contribution is 0.568. The van der Waals surface area contributed by atoms with Gasteiger partial charge in [-0.05, 0) is 46.7 Å². The summed E-state index contributed by atoms with van der Waals surface area (Å²) >= 11 is 3.18. The van der Waals surface area contributed by atoms with Crippen LogP contribution in [0.5, 0.6) is 0 Å². The maximum atomic E-state index is 14.0. The maximum Gasteiger partial charge on any atom is 0.264 e. The molecule has 1 heterocycles. The van der Waals surface area contributed by atoms with Crippen LogP contribution >= 0.6 is 15.9 Å². The lowest BCUT2D eigenvalue weighted by atomic mass is 10.2. The standard InChI is InChI=1S/C13H13BrFN3O2S/c1-16-7-9-2-3-13(11(15)6-9)21(19,20)18-12-4-5-17-8-10(12)14/h2-6,8,16H,7H2,1H3,(H,17,18). The quantitative estimate of drug-likeness (QED) is 0.844. The number of halogens is 2. The molecule has 5 nitrogen and oxygen atoms in total. The molecule has 0 radical (unpaired) electrons. The number of hydrogen-bond acceptors (Lipinski definition) is 4. The second-order valence-electron chi connectivity index (χ2n) is 4.26. The second kappa shape index (κ2) is 6.50. The molecule has 0 saturated heterocycles. The first-order valence-electron chi connectivity index (χ1n) is 5.99. The Morgan fingerprint density at radius 3 is 2.71 bits per heavy atom. The molecule has 0 atom stereocenters. The third-order valence-electron chi connectivity index (χ3n) is 2.68. The normalized spacial score (nSPS) is 11.4. The number of anilines is 1. The highest BCUT2D eigenvalue weighted by atomic mass is 79.9. The van der Waals surface area contributed by atoms with E-state index in [1.165, 1.54) is 30.6 Å². The van der Waals surface area contributed by atoms with Crippen molar-refractivity contribution in [3.8, 4) is 0 Å². The second-order valence-corrected chi connectivity index (χ2v) is 6.76. The van der Waals surface area contributed by atoms with Crippen LogP contribution in [0.1, 0.15) is 5.56 Å². The summed E-state index contributed by atoms with van der Waals surface area (Å²) in [4.78, 5) is 3.44. The van der Waals surface area contributed by atoms with Gasteiger partial charge in [0.05, 0.1) is 10.2 Å². The van der Waals surface area contributed by atoms with Gasteiger partial charge in [-0.25, -0.2) is 12.8 Å². The average molecular weight is 374 g/mol. The summed E-state index contributed by atoms with van der Waals surface area (Å²) in [7, 11) is -2.27. The van der Waals surface area contributed by atoms with Crippen LogP contribution in [-0.4, -0.2) is 20.4 Å². The van der Waals surface area contributed by atoms with Crippen LogP contribution in [0.2, 0.25) is 0 Å². The first kappa shape index (κ1) is 15.9. The highest BCUT2D eigenvalue weighted by Gasteiger charge is 2.20. The molecule has 0 aliphatic carbocycles. The van der Waals surface area contributed by atoms with Crippen molar-refractivity contribution in [1.29, 1.82) is 0 Å². The SMILES string of the molecule is CNCc1ccc(S(=O)(=O)Nc2ccncc2Br)c(F)c1. The average Bonchev–Trinajstić information content (AvgIpc) is 2.41. The van der Waals surface area contributed by atoms with E-state index in [4.69, 9.17) is 0 Å². The van der Waals surface area contributed by atoms with E-state index in [-0.39, 0.29) is 0 Å². The Bertz CT molecular complexity index is 753. The van der Waals surface area contributed by atoms with Crippen LogP contribution in [0.3, 0.4) is 0 Å². The molecule has 0 unspecified atom stereocenters.